The van der Waals surface area contributed by atoms with Gasteiger partial charge in [-0.3, -0.25) is 4.79 Å². The average Bonchev–Trinajstić information content (AvgIpc) is 3.28. The number of carbonyl (C=O) groups excluding carboxylic acids is 1. The smallest absolute Gasteiger partial charge is 0.254 e. The Kier molecular flexibility index (Phi) is 5.26. The molecule has 1 saturated heterocycles. The molecule has 0 saturated carbocycles. The Morgan fingerprint density at radius 2 is 1.82 bits per heavy atom. The van der Waals surface area contributed by atoms with E-state index in [0.29, 0.717) is 30.3 Å². The first kappa shape index (κ1) is 18.4. The molecule has 5 heteroatoms. The van der Waals surface area contributed by atoms with Gasteiger partial charge in [-0.1, -0.05) is 56.3 Å². The van der Waals surface area contributed by atoms with Gasteiger partial charge in [-0.25, -0.2) is 4.98 Å². The van der Waals surface area contributed by atoms with Gasteiger partial charge in [0.05, 0.1) is 18.8 Å². The first-order valence-electron chi connectivity index (χ1n) is 9.60. The zero-order valence-corrected chi connectivity index (χ0v) is 16.1. The van der Waals surface area contributed by atoms with Gasteiger partial charge in [0.2, 0.25) is 0 Å². The second-order valence-electron chi connectivity index (χ2n) is 7.47. The summed E-state index contributed by atoms with van der Waals surface area (Å²) in [5.74, 6) is 1.05. The van der Waals surface area contributed by atoms with Crippen LogP contribution >= 0.6 is 0 Å². The Balaban J connectivity index is 1.55. The van der Waals surface area contributed by atoms with Gasteiger partial charge < -0.3 is 14.1 Å². The Morgan fingerprint density at radius 1 is 1.07 bits per heavy atom. The molecule has 0 radical (unpaired) electrons. The Labute approximate surface area is 165 Å². The molecule has 4 rings (SSSR count). The molecule has 5 nitrogen and oxygen atoms in total. The van der Waals surface area contributed by atoms with Crippen molar-refractivity contribution >= 4 is 5.91 Å². The molecule has 1 aliphatic heterocycles. The minimum atomic E-state index is -0.111. The highest BCUT2D eigenvalue weighted by atomic mass is 16.5. The summed E-state index contributed by atoms with van der Waals surface area (Å²) in [6, 6.07) is 17.6. The van der Waals surface area contributed by atoms with E-state index in [9.17, 15) is 4.79 Å². The van der Waals surface area contributed by atoms with Crippen molar-refractivity contribution in [1.82, 2.24) is 9.88 Å². The van der Waals surface area contributed by atoms with Crippen molar-refractivity contribution in [3.05, 3.63) is 78.3 Å². The van der Waals surface area contributed by atoms with E-state index in [1.54, 1.807) is 6.20 Å². The topological polar surface area (TPSA) is 55.6 Å². The summed E-state index contributed by atoms with van der Waals surface area (Å²) in [6.07, 6.45) is 2.96. The largest absolute Gasteiger partial charge is 0.444 e. The highest BCUT2D eigenvalue weighted by Crippen LogP contribution is 2.29. The third kappa shape index (κ3) is 3.85. The molecule has 1 fully saturated rings. The van der Waals surface area contributed by atoms with Gasteiger partial charge in [0.15, 0.2) is 12.2 Å². The van der Waals surface area contributed by atoms with Crippen molar-refractivity contribution in [2.24, 2.45) is 5.92 Å². The fraction of sp³-hybridized carbons (Fsp3) is 0.304. The highest BCUT2D eigenvalue weighted by Gasteiger charge is 2.33. The second-order valence-corrected chi connectivity index (χ2v) is 7.47. The first-order valence-corrected chi connectivity index (χ1v) is 9.60. The molecule has 0 spiro atoms. The third-order valence-corrected chi connectivity index (χ3v) is 5.18. The van der Waals surface area contributed by atoms with Gasteiger partial charge in [0, 0.05) is 17.7 Å². The lowest BCUT2D eigenvalue weighted by molar-refractivity contribution is -0.0954. The number of carbonyl (C=O) groups is 1. The van der Waals surface area contributed by atoms with Crippen molar-refractivity contribution in [3.8, 4) is 11.3 Å². The number of amides is 1. The number of oxazole rings is 1. The molecule has 3 aromatic rings. The quantitative estimate of drug-likeness (QED) is 0.669. The molecule has 0 aliphatic carbocycles. The minimum absolute atomic E-state index is 0.0105. The average molecular weight is 376 g/mol. The van der Waals surface area contributed by atoms with E-state index in [4.69, 9.17) is 9.15 Å². The van der Waals surface area contributed by atoms with Crippen LogP contribution in [0.25, 0.3) is 11.3 Å². The van der Waals surface area contributed by atoms with Crippen molar-refractivity contribution in [2.45, 2.75) is 26.1 Å². The van der Waals surface area contributed by atoms with Crippen LogP contribution in [-0.2, 0) is 4.74 Å². The van der Waals surface area contributed by atoms with E-state index in [1.807, 2.05) is 47.4 Å². The van der Waals surface area contributed by atoms with Gasteiger partial charge in [0.25, 0.3) is 5.91 Å². The van der Waals surface area contributed by atoms with E-state index in [2.05, 4.69) is 31.0 Å². The molecule has 1 aliphatic rings. The summed E-state index contributed by atoms with van der Waals surface area (Å²) in [4.78, 5) is 19.0. The van der Waals surface area contributed by atoms with E-state index in [-0.39, 0.29) is 18.1 Å². The number of rotatable bonds is 4. The van der Waals surface area contributed by atoms with Crippen LogP contribution in [0.15, 0.2) is 71.6 Å². The van der Waals surface area contributed by atoms with Crippen LogP contribution in [0.2, 0.25) is 0 Å². The number of hydrogen-bond acceptors (Lipinski definition) is 4. The SMILES string of the molecule is CC(C)[C@H]1CN(C(=O)c2ccc(-c3cnco3)cc2)C[C@@H](c2ccccc2)O1. The van der Waals surface area contributed by atoms with Gasteiger partial charge >= 0.3 is 0 Å². The van der Waals surface area contributed by atoms with Crippen LogP contribution in [0.4, 0.5) is 0 Å². The summed E-state index contributed by atoms with van der Waals surface area (Å²) in [5.41, 5.74) is 2.67. The maximum Gasteiger partial charge on any atom is 0.254 e. The van der Waals surface area contributed by atoms with Crippen molar-refractivity contribution in [2.75, 3.05) is 13.1 Å². The monoisotopic (exact) mass is 376 g/mol. The van der Waals surface area contributed by atoms with Crippen LogP contribution < -0.4 is 0 Å². The Morgan fingerprint density at radius 3 is 2.46 bits per heavy atom. The summed E-state index contributed by atoms with van der Waals surface area (Å²) in [5, 5.41) is 0. The molecular formula is C23H24N2O3. The summed E-state index contributed by atoms with van der Waals surface area (Å²) in [6.45, 7) is 5.42. The van der Waals surface area contributed by atoms with Crippen molar-refractivity contribution in [1.29, 1.82) is 0 Å². The van der Waals surface area contributed by atoms with E-state index in [1.165, 1.54) is 6.39 Å². The molecule has 0 unspecified atom stereocenters. The molecular weight excluding hydrogens is 352 g/mol. The number of hydrogen-bond donors (Lipinski definition) is 0. The predicted molar refractivity (Wildman–Crippen MR) is 107 cm³/mol. The highest BCUT2D eigenvalue weighted by molar-refractivity contribution is 5.94. The molecule has 2 heterocycles. The Bertz CT molecular complexity index is 905. The van der Waals surface area contributed by atoms with Gasteiger partial charge in [-0.2, -0.15) is 0 Å². The lowest BCUT2D eigenvalue weighted by Crippen LogP contribution is -2.48. The molecule has 2 aromatic carbocycles. The molecule has 28 heavy (non-hydrogen) atoms. The number of ether oxygens (including phenoxy) is 1. The van der Waals surface area contributed by atoms with E-state index in [0.717, 1.165) is 11.1 Å². The predicted octanol–water partition coefficient (Wildman–Crippen LogP) is 4.58. The molecule has 0 N–H and O–H groups in total. The fourth-order valence-corrected chi connectivity index (χ4v) is 3.49. The maximum absolute atomic E-state index is 13.2. The summed E-state index contributed by atoms with van der Waals surface area (Å²) < 4.78 is 11.6. The Hall–Kier alpha value is -2.92. The normalized spacial score (nSPS) is 19.8. The van der Waals surface area contributed by atoms with E-state index >= 15 is 0 Å². The summed E-state index contributed by atoms with van der Waals surface area (Å²) in [7, 11) is 0. The molecule has 1 amide bonds. The van der Waals surface area contributed by atoms with Gasteiger partial charge in [0.1, 0.15) is 6.10 Å². The van der Waals surface area contributed by atoms with Crippen molar-refractivity contribution in [3.63, 3.8) is 0 Å². The number of benzene rings is 2. The van der Waals surface area contributed by atoms with Gasteiger partial charge in [-0.05, 0) is 23.6 Å². The molecule has 1 aromatic heterocycles. The minimum Gasteiger partial charge on any atom is -0.444 e. The lowest BCUT2D eigenvalue weighted by atomic mass is 10.00. The third-order valence-electron chi connectivity index (χ3n) is 5.18. The zero-order valence-electron chi connectivity index (χ0n) is 16.1. The number of aromatic nitrogens is 1. The molecule has 2 atom stereocenters. The maximum atomic E-state index is 13.2. The number of morpholine rings is 1. The van der Waals surface area contributed by atoms with Crippen LogP contribution in [-0.4, -0.2) is 35.0 Å². The van der Waals surface area contributed by atoms with Crippen LogP contribution in [0, 0.1) is 5.92 Å². The van der Waals surface area contributed by atoms with E-state index < -0.39 is 0 Å². The molecule has 144 valence electrons. The van der Waals surface area contributed by atoms with Crippen LogP contribution in [0.1, 0.15) is 35.9 Å². The second kappa shape index (κ2) is 7.98. The number of nitrogens with zero attached hydrogens (tertiary/aromatic N) is 2. The van der Waals surface area contributed by atoms with Crippen LogP contribution in [0.3, 0.4) is 0 Å². The fourth-order valence-electron chi connectivity index (χ4n) is 3.49. The van der Waals surface area contributed by atoms with Crippen molar-refractivity contribution < 1.29 is 13.9 Å². The lowest BCUT2D eigenvalue weighted by Gasteiger charge is -2.40. The standard InChI is InChI=1S/C23H24N2O3/c1-16(2)21-13-25(14-22(28-21)17-6-4-3-5-7-17)23(26)19-10-8-18(9-11-19)20-12-24-15-27-20/h3-12,15-16,21-22H,13-14H2,1-2H3/t21-,22+/m1/s1. The zero-order chi connectivity index (χ0) is 19.5. The summed E-state index contributed by atoms with van der Waals surface area (Å²) >= 11 is 0. The van der Waals surface area contributed by atoms with Crippen LogP contribution in [0.5, 0.6) is 0 Å². The first-order chi connectivity index (χ1) is 13.6. The molecule has 0 bridgehead atoms. The van der Waals surface area contributed by atoms with Gasteiger partial charge in [-0.15, -0.1) is 0 Å².